The fourth-order valence-electron chi connectivity index (χ4n) is 1.80. The monoisotopic (exact) mass is 334 g/mol. The fourth-order valence-corrected chi connectivity index (χ4v) is 1.80. The highest BCUT2D eigenvalue weighted by molar-refractivity contribution is 5.98. The summed E-state index contributed by atoms with van der Waals surface area (Å²) in [4.78, 5) is 38.6. The fraction of sp³-hybridized carbons (Fsp3) is 0.200. The second-order valence-corrected chi connectivity index (χ2v) is 4.71. The molecule has 0 radical (unpaired) electrons. The van der Waals surface area contributed by atoms with E-state index in [4.69, 9.17) is 9.15 Å². The summed E-state index contributed by atoms with van der Waals surface area (Å²) < 4.78 is 10.1. The third kappa shape index (κ3) is 4.57. The summed E-state index contributed by atoms with van der Waals surface area (Å²) in [6.45, 7) is 1.35. The van der Waals surface area contributed by atoms with E-state index >= 15 is 0 Å². The average Bonchev–Trinajstić information content (AvgIpc) is 3.07. The number of furan rings is 1. The first kappa shape index (κ1) is 17.0. The SMILES string of the molecule is CC(CNC(=O)c1ccccc1OC(=O)c1ccco1)O[N+](=O)[O-]. The first-order valence-electron chi connectivity index (χ1n) is 6.91. The van der Waals surface area contributed by atoms with Crippen LogP contribution in [-0.4, -0.2) is 29.6 Å². The number of nitrogens with one attached hydrogen (secondary N) is 1. The number of carbonyl (C=O) groups is 2. The van der Waals surface area contributed by atoms with Crippen molar-refractivity contribution in [2.24, 2.45) is 0 Å². The van der Waals surface area contributed by atoms with Gasteiger partial charge < -0.3 is 19.3 Å². The predicted octanol–water partition coefficient (Wildman–Crippen LogP) is 1.83. The Morgan fingerprint density at radius 2 is 2.04 bits per heavy atom. The molecule has 1 heterocycles. The summed E-state index contributed by atoms with van der Waals surface area (Å²) in [5.74, 6) is -1.26. The number of benzene rings is 1. The molecule has 2 rings (SSSR count). The number of amides is 1. The Balaban J connectivity index is 2.03. The van der Waals surface area contributed by atoms with Crippen molar-refractivity contribution in [1.82, 2.24) is 5.32 Å². The van der Waals surface area contributed by atoms with E-state index < -0.39 is 23.1 Å². The van der Waals surface area contributed by atoms with E-state index in [9.17, 15) is 19.7 Å². The van der Waals surface area contributed by atoms with Crippen LogP contribution in [0.4, 0.5) is 0 Å². The van der Waals surface area contributed by atoms with Gasteiger partial charge in [0.25, 0.3) is 11.0 Å². The Labute approximate surface area is 136 Å². The smallest absolute Gasteiger partial charge is 0.379 e. The van der Waals surface area contributed by atoms with Gasteiger partial charge in [0.1, 0.15) is 11.9 Å². The lowest BCUT2D eigenvalue weighted by Gasteiger charge is -2.12. The van der Waals surface area contributed by atoms with Crippen LogP contribution < -0.4 is 10.1 Å². The summed E-state index contributed by atoms with van der Waals surface area (Å²) >= 11 is 0. The van der Waals surface area contributed by atoms with Crippen molar-refractivity contribution in [3.8, 4) is 5.75 Å². The van der Waals surface area contributed by atoms with Crippen LogP contribution in [0.15, 0.2) is 47.1 Å². The van der Waals surface area contributed by atoms with Gasteiger partial charge in [0.05, 0.1) is 11.8 Å². The van der Waals surface area contributed by atoms with Crippen LogP contribution in [0.2, 0.25) is 0 Å². The molecule has 126 valence electrons. The molecule has 1 aromatic heterocycles. The molecule has 0 aliphatic rings. The van der Waals surface area contributed by atoms with Crippen LogP contribution in [0, 0.1) is 10.1 Å². The average molecular weight is 334 g/mol. The maximum atomic E-state index is 12.2. The van der Waals surface area contributed by atoms with Crippen LogP contribution in [0.3, 0.4) is 0 Å². The maximum absolute atomic E-state index is 12.2. The number of ether oxygens (including phenoxy) is 1. The van der Waals surface area contributed by atoms with Crippen LogP contribution >= 0.6 is 0 Å². The normalized spacial score (nSPS) is 11.4. The number of esters is 1. The van der Waals surface area contributed by atoms with E-state index in [2.05, 4.69) is 10.2 Å². The Morgan fingerprint density at radius 1 is 1.29 bits per heavy atom. The van der Waals surface area contributed by atoms with E-state index in [0.717, 1.165) is 0 Å². The highest BCUT2D eigenvalue weighted by Gasteiger charge is 2.18. The predicted molar refractivity (Wildman–Crippen MR) is 80.0 cm³/mol. The molecule has 1 aromatic carbocycles. The summed E-state index contributed by atoms with van der Waals surface area (Å²) in [6, 6.07) is 9.06. The second-order valence-electron chi connectivity index (χ2n) is 4.71. The zero-order valence-corrected chi connectivity index (χ0v) is 12.6. The van der Waals surface area contributed by atoms with Crippen molar-refractivity contribution in [2.45, 2.75) is 13.0 Å². The molecule has 1 unspecified atom stereocenters. The molecule has 24 heavy (non-hydrogen) atoms. The third-order valence-corrected chi connectivity index (χ3v) is 2.87. The first-order chi connectivity index (χ1) is 11.5. The van der Waals surface area contributed by atoms with E-state index in [0.29, 0.717) is 0 Å². The molecular formula is C15H14N2O7. The van der Waals surface area contributed by atoms with E-state index in [1.165, 1.54) is 37.5 Å². The third-order valence-electron chi connectivity index (χ3n) is 2.87. The van der Waals surface area contributed by atoms with Crippen molar-refractivity contribution in [1.29, 1.82) is 0 Å². The van der Waals surface area contributed by atoms with Gasteiger partial charge in [-0.05, 0) is 31.2 Å². The van der Waals surface area contributed by atoms with Crippen molar-refractivity contribution in [3.63, 3.8) is 0 Å². The first-order valence-corrected chi connectivity index (χ1v) is 6.91. The number of hydrogen-bond donors (Lipinski definition) is 1. The molecule has 0 aliphatic carbocycles. The molecule has 0 fully saturated rings. The summed E-state index contributed by atoms with van der Waals surface area (Å²) in [5.41, 5.74) is 0.103. The molecule has 1 N–H and O–H groups in total. The number of nitrogens with zero attached hydrogens (tertiary/aromatic N) is 1. The molecule has 9 nitrogen and oxygen atoms in total. The molecule has 0 saturated heterocycles. The lowest BCUT2D eigenvalue weighted by molar-refractivity contribution is -0.767. The van der Waals surface area contributed by atoms with E-state index in [-0.39, 0.29) is 23.6 Å². The summed E-state index contributed by atoms with van der Waals surface area (Å²) in [6.07, 6.45) is 0.508. The molecule has 0 spiro atoms. The van der Waals surface area contributed by atoms with Gasteiger partial charge in [-0.15, -0.1) is 10.1 Å². The zero-order chi connectivity index (χ0) is 17.5. The summed E-state index contributed by atoms with van der Waals surface area (Å²) in [7, 11) is 0. The van der Waals surface area contributed by atoms with Gasteiger partial charge in [-0.25, -0.2) is 4.79 Å². The van der Waals surface area contributed by atoms with Crippen molar-refractivity contribution in [3.05, 3.63) is 64.1 Å². The topological polar surface area (TPSA) is 121 Å². The van der Waals surface area contributed by atoms with E-state index in [1.807, 2.05) is 0 Å². The van der Waals surface area contributed by atoms with Gasteiger partial charge >= 0.3 is 5.97 Å². The summed E-state index contributed by atoms with van der Waals surface area (Å²) in [5, 5.41) is 11.8. The largest absolute Gasteiger partial charge is 0.457 e. The quantitative estimate of drug-likeness (QED) is 0.355. The van der Waals surface area contributed by atoms with Crippen molar-refractivity contribution < 1.29 is 28.7 Å². The second kappa shape index (κ2) is 7.77. The highest BCUT2D eigenvalue weighted by atomic mass is 17.0. The molecule has 1 amide bonds. The highest BCUT2D eigenvalue weighted by Crippen LogP contribution is 2.19. The molecular weight excluding hydrogens is 320 g/mol. The minimum absolute atomic E-state index is 0.00165. The van der Waals surface area contributed by atoms with Crippen molar-refractivity contribution >= 4 is 11.9 Å². The van der Waals surface area contributed by atoms with Gasteiger partial charge in [0.15, 0.2) is 0 Å². The van der Waals surface area contributed by atoms with Gasteiger partial charge in [-0.2, -0.15) is 0 Å². The van der Waals surface area contributed by atoms with E-state index in [1.54, 1.807) is 12.1 Å². The van der Waals surface area contributed by atoms with Gasteiger partial charge in [-0.1, -0.05) is 12.1 Å². The standard InChI is InChI=1S/C15H14N2O7/c1-10(24-17(20)21)9-16-14(18)11-5-2-3-6-12(11)23-15(19)13-7-4-8-22-13/h2-8,10H,9H2,1H3,(H,16,18). The van der Waals surface area contributed by atoms with Gasteiger partial charge in [0.2, 0.25) is 5.76 Å². The molecule has 0 aliphatic heterocycles. The molecule has 0 bridgehead atoms. The maximum Gasteiger partial charge on any atom is 0.379 e. The lowest BCUT2D eigenvalue weighted by atomic mass is 10.2. The molecule has 9 heteroatoms. The minimum atomic E-state index is -0.935. The Kier molecular flexibility index (Phi) is 5.50. The Morgan fingerprint density at radius 3 is 2.71 bits per heavy atom. The number of para-hydroxylation sites is 1. The van der Waals surface area contributed by atoms with Crippen LogP contribution in [0.1, 0.15) is 27.8 Å². The van der Waals surface area contributed by atoms with Crippen molar-refractivity contribution in [2.75, 3.05) is 6.54 Å². The van der Waals surface area contributed by atoms with Gasteiger partial charge in [-0.3, -0.25) is 4.79 Å². The Hall–Kier alpha value is -3.36. The Bertz CT molecular complexity index is 727. The minimum Gasteiger partial charge on any atom is -0.457 e. The molecule has 0 saturated carbocycles. The number of rotatable bonds is 7. The lowest BCUT2D eigenvalue weighted by Crippen LogP contribution is -2.33. The van der Waals surface area contributed by atoms with Crippen LogP contribution in [0.25, 0.3) is 0 Å². The van der Waals surface area contributed by atoms with Crippen LogP contribution in [-0.2, 0) is 4.84 Å². The number of hydrogen-bond acceptors (Lipinski definition) is 7. The molecule has 2 aromatic rings. The van der Waals surface area contributed by atoms with Gasteiger partial charge in [0, 0.05) is 6.54 Å². The van der Waals surface area contributed by atoms with Crippen LogP contribution in [0.5, 0.6) is 5.75 Å². The zero-order valence-electron chi connectivity index (χ0n) is 12.6. The number of carbonyl (C=O) groups excluding carboxylic acids is 2. The molecule has 1 atom stereocenters.